The summed E-state index contributed by atoms with van der Waals surface area (Å²) in [6, 6.07) is 9.03. The third kappa shape index (κ3) is 4.19. The molecule has 140 valence electrons. The number of hydrogen-bond acceptors (Lipinski definition) is 3. The number of carbonyl (C=O) groups is 3. The van der Waals surface area contributed by atoms with E-state index in [4.69, 9.17) is 0 Å². The van der Waals surface area contributed by atoms with Gasteiger partial charge in [-0.15, -0.1) is 0 Å². The molecular formula is C20H18F2N2O3. The maximum atomic E-state index is 13.8. The molecule has 2 aromatic rings. The lowest BCUT2D eigenvalue weighted by molar-refractivity contribution is -0.139. The van der Waals surface area contributed by atoms with E-state index in [-0.39, 0.29) is 36.8 Å². The fourth-order valence-corrected chi connectivity index (χ4v) is 2.95. The zero-order valence-electron chi connectivity index (χ0n) is 14.7. The molecule has 0 unspecified atom stereocenters. The molecule has 0 aromatic heterocycles. The minimum atomic E-state index is -0.724. The van der Waals surface area contributed by atoms with Crippen LogP contribution in [0.2, 0.25) is 0 Å². The second-order valence-electron chi connectivity index (χ2n) is 6.43. The molecule has 2 aromatic carbocycles. The number of likely N-dealkylation sites (tertiary alicyclic amines) is 1. The summed E-state index contributed by atoms with van der Waals surface area (Å²) in [5.41, 5.74) is 1.27. The van der Waals surface area contributed by atoms with Crippen LogP contribution in [0.4, 0.5) is 8.78 Å². The first-order chi connectivity index (χ1) is 12.8. The number of hydrogen-bond donors (Lipinski definition) is 1. The van der Waals surface area contributed by atoms with Crippen molar-refractivity contribution < 1.29 is 23.2 Å². The third-order valence-electron chi connectivity index (χ3n) is 4.49. The Morgan fingerprint density at radius 1 is 1.07 bits per heavy atom. The van der Waals surface area contributed by atoms with Crippen LogP contribution >= 0.6 is 0 Å². The van der Waals surface area contributed by atoms with Crippen LogP contribution < -0.4 is 5.32 Å². The van der Waals surface area contributed by atoms with E-state index in [1.807, 2.05) is 0 Å². The average molecular weight is 372 g/mol. The molecule has 0 aliphatic carbocycles. The maximum absolute atomic E-state index is 13.8. The van der Waals surface area contributed by atoms with Crippen LogP contribution in [-0.4, -0.2) is 22.6 Å². The van der Waals surface area contributed by atoms with Crippen LogP contribution in [-0.2, 0) is 16.1 Å². The van der Waals surface area contributed by atoms with E-state index in [1.54, 1.807) is 31.2 Å². The fraction of sp³-hybridized carbons (Fsp3) is 0.250. The number of carbonyl (C=O) groups excluding carboxylic acids is 3. The summed E-state index contributed by atoms with van der Waals surface area (Å²) in [7, 11) is 0. The van der Waals surface area contributed by atoms with Gasteiger partial charge in [-0.05, 0) is 30.7 Å². The van der Waals surface area contributed by atoms with Crippen molar-refractivity contribution in [2.75, 3.05) is 0 Å². The quantitative estimate of drug-likeness (QED) is 0.820. The van der Waals surface area contributed by atoms with E-state index in [0.29, 0.717) is 5.56 Å². The minimum absolute atomic E-state index is 0.177. The van der Waals surface area contributed by atoms with Gasteiger partial charge in [0.15, 0.2) is 0 Å². The first-order valence-corrected chi connectivity index (χ1v) is 8.53. The number of benzene rings is 2. The van der Waals surface area contributed by atoms with Crippen LogP contribution in [0.5, 0.6) is 0 Å². The topological polar surface area (TPSA) is 66.5 Å². The van der Waals surface area contributed by atoms with Gasteiger partial charge in [-0.3, -0.25) is 19.3 Å². The number of nitrogens with zero attached hydrogens (tertiary/aromatic N) is 1. The van der Waals surface area contributed by atoms with Crippen molar-refractivity contribution >= 4 is 17.7 Å². The first-order valence-electron chi connectivity index (χ1n) is 8.53. The Kier molecular flexibility index (Phi) is 5.30. The van der Waals surface area contributed by atoms with Gasteiger partial charge in [-0.25, -0.2) is 8.78 Å². The summed E-state index contributed by atoms with van der Waals surface area (Å²) >= 11 is 0. The molecule has 1 aliphatic heterocycles. The number of nitrogens with one attached hydrogen (secondary N) is 1. The molecule has 0 bridgehead atoms. The largest absolute Gasteiger partial charge is 0.345 e. The van der Waals surface area contributed by atoms with Crippen molar-refractivity contribution in [2.45, 2.75) is 32.4 Å². The smallest absolute Gasteiger partial charge is 0.251 e. The van der Waals surface area contributed by atoms with Crippen LogP contribution in [0.25, 0.3) is 0 Å². The van der Waals surface area contributed by atoms with E-state index in [0.717, 1.165) is 17.7 Å². The molecule has 0 radical (unpaired) electrons. The van der Waals surface area contributed by atoms with Gasteiger partial charge < -0.3 is 5.32 Å². The molecule has 7 heteroatoms. The molecule has 27 heavy (non-hydrogen) atoms. The summed E-state index contributed by atoms with van der Waals surface area (Å²) in [5, 5.41) is 2.66. The van der Waals surface area contributed by atoms with Crippen molar-refractivity contribution in [2.24, 2.45) is 0 Å². The second-order valence-corrected chi connectivity index (χ2v) is 6.43. The molecule has 0 spiro atoms. The van der Waals surface area contributed by atoms with Gasteiger partial charge in [0.2, 0.25) is 11.8 Å². The van der Waals surface area contributed by atoms with Gasteiger partial charge in [-0.2, -0.15) is 0 Å². The Balaban J connectivity index is 1.65. The summed E-state index contributed by atoms with van der Waals surface area (Å²) in [6.07, 6.45) is 0.467. The highest BCUT2D eigenvalue weighted by Crippen LogP contribution is 2.19. The van der Waals surface area contributed by atoms with Crippen molar-refractivity contribution in [3.63, 3.8) is 0 Å². The molecular weight excluding hydrogens is 354 g/mol. The van der Waals surface area contributed by atoms with Crippen molar-refractivity contribution in [3.8, 4) is 0 Å². The second kappa shape index (κ2) is 7.65. The lowest BCUT2D eigenvalue weighted by Gasteiger charge is -2.16. The molecule has 1 aliphatic rings. The van der Waals surface area contributed by atoms with Crippen molar-refractivity contribution in [1.82, 2.24) is 10.2 Å². The fourth-order valence-electron chi connectivity index (χ4n) is 2.95. The Morgan fingerprint density at radius 3 is 2.30 bits per heavy atom. The molecule has 1 fully saturated rings. The molecule has 3 rings (SSSR count). The highest BCUT2D eigenvalue weighted by atomic mass is 19.1. The molecule has 0 saturated carbocycles. The van der Waals surface area contributed by atoms with Crippen molar-refractivity contribution in [3.05, 3.63) is 70.8 Å². The number of rotatable bonds is 5. The molecule has 1 atom stereocenters. The van der Waals surface area contributed by atoms with Gasteiger partial charge in [0.1, 0.15) is 11.6 Å². The maximum Gasteiger partial charge on any atom is 0.251 e. The van der Waals surface area contributed by atoms with Crippen LogP contribution in [0, 0.1) is 11.6 Å². The van der Waals surface area contributed by atoms with E-state index in [9.17, 15) is 23.2 Å². The molecule has 1 saturated heterocycles. The first kappa shape index (κ1) is 18.7. The zero-order chi connectivity index (χ0) is 19.6. The van der Waals surface area contributed by atoms with E-state index in [2.05, 4.69) is 5.32 Å². The average Bonchev–Trinajstić information content (AvgIpc) is 2.94. The van der Waals surface area contributed by atoms with Crippen LogP contribution in [0.15, 0.2) is 42.5 Å². The van der Waals surface area contributed by atoms with Gasteiger partial charge in [0.25, 0.3) is 5.91 Å². The Labute approximate surface area is 155 Å². The Morgan fingerprint density at radius 2 is 1.70 bits per heavy atom. The van der Waals surface area contributed by atoms with Gasteiger partial charge in [0.05, 0.1) is 12.6 Å². The standard InChI is InChI=1S/C20H18F2N2O3/c1-12(16-7-6-15(21)10-17(16)22)23-20(27)14-4-2-13(3-5-14)11-24-18(25)8-9-19(24)26/h2-7,10,12H,8-9,11H2,1H3,(H,23,27)/t12-/m0/s1. The molecule has 5 nitrogen and oxygen atoms in total. The predicted octanol–water partition coefficient (Wildman–Crippen LogP) is 3.10. The lowest BCUT2D eigenvalue weighted by Crippen LogP contribution is -2.28. The Bertz CT molecular complexity index is 881. The van der Waals surface area contributed by atoms with E-state index >= 15 is 0 Å². The normalized spacial score (nSPS) is 15.1. The number of amides is 3. The van der Waals surface area contributed by atoms with E-state index < -0.39 is 23.6 Å². The van der Waals surface area contributed by atoms with Crippen LogP contribution in [0.1, 0.15) is 47.3 Å². The van der Waals surface area contributed by atoms with Gasteiger partial charge in [0, 0.05) is 30.0 Å². The lowest BCUT2D eigenvalue weighted by atomic mass is 10.1. The molecule has 1 heterocycles. The summed E-state index contributed by atoms with van der Waals surface area (Å²) in [4.78, 5) is 36.9. The van der Waals surface area contributed by atoms with Crippen LogP contribution in [0.3, 0.4) is 0 Å². The highest BCUT2D eigenvalue weighted by molar-refractivity contribution is 6.01. The molecule has 3 amide bonds. The minimum Gasteiger partial charge on any atom is -0.345 e. The predicted molar refractivity (Wildman–Crippen MR) is 93.5 cm³/mol. The SMILES string of the molecule is C[C@H](NC(=O)c1ccc(CN2C(=O)CCC2=O)cc1)c1ccc(F)cc1F. The zero-order valence-corrected chi connectivity index (χ0v) is 14.7. The summed E-state index contributed by atoms with van der Waals surface area (Å²) in [6.45, 7) is 1.78. The third-order valence-corrected chi connectivity index (χ3v) is 4.49. The Hall–Kier alpha value is -3.09. The van der Waals surface area contributed by atoms with Crippen molar-refractivity contribution in [1.29, 1.82) is 0 Å². The number of halogens is 2. The monoisotopic (exact) mass is 372 g/mol. The molecule has 1 N–H and O–H groups in total. The highest BCUT2D eigenvalue weighted by Gasteiger charge is 2.28. The number of imide groups is 1. The van der Waals surface area contributed by atoms with E-state index in [1.165, 1.54) is 11.0 Å². The van der Waals surface area contributed by atoms with Gasteiger partial charge in [-0.1, -0.05) is 18.2 Å². The summed E-state index contributed by atoms with van der Waals surface area (Å²) in [5.74, 6) is -2.21. The van der Waals surface area contributed by atoms with Gasteiger partial charge >= 0.3 is 0 Å². The summed E-state index contributed by atoms with van der Waals surface area (Å²) < 4.78 is 26.8.